The highest BCUT2D eigenvalue weighted by Gasteiger charge is 2.42. The van der Waals surface area contributed by atoms with E-state index in [1.54, 1.807) is 5.56 Å². The lowest BCUT2D eigenvalue weighted by Gasteiger charge is -2.33. The molecule has 0 amide bonds. The molecule has 57 heavy (non-hydrogen) atoms. The molecule has 1 heterocycles. The first kappa shape index (κ1) is 47.0. The summed E-state index contributed by atoms with van der Waals surface area (Å²) < 4.78 is 0. The Bertz CT molecular complexity index is 1500. The highest BCUT2D eigenvalue weighted by Crippen LogP contribution is 2.55. The topological polar surface area (TPSA) is 45.2 Å². The number of unbranched alkanes of at least 4 members (excludes halogenated alkanes) is 4. The molecule has 318 valence electrons. The monoisotopic (exact) mass is 783 g/mol. The van der Waals surface area contributed by atoms with E-state index in [9.17, 15) is 0 Å². The zero-order valence-corrected chi connectivity index (χ0v) is 38.3. The maximum Gasteiger partial charge on any atom is 0.0885 e. The second-order valence-corrected chi connectivity index (χ2v) is 18.4. The van der Waals surface area contributed by atoms with Crippen molar-refractivity contribution in [3.05, 3.63) is 71.2 Å². The van der Waals surface area contributed by atoms with E-state index in [0.717, 1.165) is 37.6 Å². The molecule has 2 aromatic carbocycles. The SMILES string of the molecule is Cc1ccc2c(c1)C(CCCCCN(CCCN(C)C)CCCN(C)C)(CCCCCN(CCCN(C)C)CCCN(C)C)c1cc(-c3cnc(C)cn3)ccc1-2. The van der Waals surface area contributed by atoms with Gasteiger partial charge < -0.3 is 29.4 Å². The van der Waals surface area contributed by atoms with Crippen molar-refractivity contribution in [1.29, 1.82) is 0 Å². The Kier molecular flexibility index (Phi) is 20.1. The number of aryl methyl sites for hydroxylation is 2. The molecular formula is C49H82N8. The first-order valence-electron chi connectivity index (χ1n) is 22.5. The molecule has 0 fully saturated rings. The number of benzene rings is 2. The van der Waals surface area contributed by atoms with Gasteiger partial charge in [0.15, 0.2) is 0 Å². The van der Waals surface area contributed by atoms with Crippen molar-refractivity contribution in [2.24, 2.45) is 0 Å². The standard InChI is InChI=1S/C49H82N8/c1-41-21-23-44-45-24-22-43(48-40-50-42(2)39-51-48)38-47(45)49(46(44)37-41,25-13-11-15-31-56(33-17-27-52(3)4)34-18-28-53(5)6)26-14-12-16-32-57(35-19-29-54(7)8)36-20-30-55(9)10/h21-24,37-40H,11-20,25-36H2,1-10H3. The van der Waals surface area contributed by atoms with Gasteiger partial charge in [-0.15, -0.1) is 0 Å². The van der Waals surface area contributed by atoms with Crippen LogP contribution in [0.1, 0.15) is 99.4 Å². The molecule has 1 aliphatic rings. The van der Waals surface area contributed by atoms with E-state index in [-0.39, 0.29) is 5.41 Å². The third-order valence-corrected chi connectivity index (χ3v) is 12.1. The van der Waals surface area contributed by atoms with Crippen LogP contribution in [0.5, 0.6) is 0 Å². The second kappa shape index (κ2) is 24.4. The molecule has 0 radical (unpaired) electrons. The summed E-state index contributed by atoms with van der Waals surface area (Å²) in [7, 11) is 17.6. The Morgan fingerprint density at radius 3 is 1.32 bits per heavy atom. The minimum atomic E-state index is 0.0129. The zero-order valence-electron chi connectivity index (χ0n) is 38.3. The van der Waals surface area contributed by atoms with Gasteiger partial charge in [-0.05, 0) is 215 Å². The van der Waals surface area contributed by atoms with E-state index < -0.39 is 0 Å². The van der Waals surface area contributed by atoms with Gasteiger partial charge in [0.25, 0.3) is 0 Å². The van der Waals surface area contributed by atoms with Crippen LogP contribution in [-0.2, 0) is 5.41 Å². The van der Waals surface area contributed by atoms with Gasteiger partial charge >= 0.3 is 0 Å². The highest BCUT2D eigenvalue weighted by atomic mass is 15.1. The molecule has 0 unspecified atom stereocenters. The molecule has 8 nitrogen and oxygen atoms in total. The molecule has 0 bridgehead atoms. The molecular weight excluding hydrogens is 701 g/mol. The summed E-state index contributed by atoms with van der Waals surface area (Å²) >= 11 is 0. The predicted molar refractivity (Wildman–Crippen MR) is 246 cm³/mol. The van der Waals surface area contributed by atoms with Gasteiger partial charge in [0.1, 0.15) is 0 Å². The summed E-state index contributed by atoms with van der Waals surface area (Å²) in [4.78, 5) is 24.2. The molecule has 8 heteroatoms. The first-order chi connectivity index (χ1) is 27.4. The van der Waals surface area contributed by atoms with Gasteiger partial charge in [-0.25, -0.2) is 0 Å². The minimum absolute atomic E-state index is 0.0129. The zero-order chi connectivity index (χ0) is 41.2. The molecule has 0 spiro atoms. The van der Waals surface area contributed by atoms with Crippen LogP contribution in [0.3, 0.4) is 0 Å². The van der Waals surface area contributed by atoms with Crippen molar-refractivity contribution < 1.29 is 0 Å². The maximum atomic E-state index is 4.83. The Morgan fingerprint density at radius 2 is 0.877 bits per heavy atom. The quantitative estimate of drug-likeness (QED) is 0.0650. The van der Waals surface area contributed by atoms with Crippen LogP contribution in [0.4, 0.5) is 0 Å². The van der Waals surface area contributed by atoms with Gasteiger partial charge in [0, 0.05) is 17.2 Å². The molecule has 0 saturated heterocycles. The van der Waals surface area contributed by atoms with Crippen LogP contribution < -0.4 is 0 Å². The van der Waals surface area contributed by atoms with Crippen LogP contribution >= 0.6 is 0 Å². The highest BCUT2D eigenvalue weighted by molar-refractivity contribution is 5.83. The lowest BCUT2D eigenvalue weighted by Crippen LogP contribution is -2.31. The van der Waals surface area contributed by atoms with Gasteiger partial charge in [0.05, 0.1) is 17.6 Å². The van der Waals surface area contributed by atoms with Crippen molar-refractivity contribution >= 4 is 0 Å². The van der Waals surface area contributed by atoms with Gasteiger partial charge in [-0.3, -0.25) is 9.97 Å². The Balaban J connectivity index is 1.53. The number of hydrogen-bond acceptors (Lipinski definition) is 8. The summed E-state index contributed by atoms with van der Waals surface area (Å²) in [5.74, 6) is 0. The van der Waals surface area contributed by atoms with E-state index in [4.69, 9.17) is 4.98 Å². The summed E-state index contributed by atoms with van der Waals surface area (Å²) in [5.41, 5.74) is 10.4. The van der Waals surface area contributed by atoms with Gasteiger partial charge in [-0.2, -0.15) is 0 Å². The van der Waals surface area contributed by atoms with Crippen LogP contribution in [0, 0.1) is 13.8 Å². The summed E-state index contributed by atoms with van der Waals surface area (Å²) in [6.07, 6.45) is 18.8. The Hall–Kier alpha value is -2.72. The first-order valence-corrected chi connectivity index (χ1v) is 22.5. The Morgan fingerprint density at radius 1 is 0.439 bits per heavy atom. The summed E-state index contributed by atoms with van der Waals surface area (Å²) in [6, 6.07) is 14.4. The number of rotatable bonds is 29. The normalized spacial score (nSPS) is 13.6. The molecule has 4 rings (SSSR count). The molecule has 0 saturated carbocycles. The fourth-order valence-corrected chi connectivity index (χ4v) is 8.96. The van der Waals surface area contributed by atoms with E-state index in [1.165, 1.54) is 144 Å². The summed E-state index contributed by atoms with van der Waals surface area (Å²) in [6.45, 7) is 16.1. The molecule has 1 aliphatic carbocycles. The van der Waals surface area contributed by atoms with Gasteiger partial charge in [0.2, 0.25) is 0 Å². The van der Waals surface area contributed by atoms with E-state index in [0.29, 0.717) is 0 Å². The van der Waals surface area contributed by atoms with E-state index in [1.807, 2.05) is 19.3 Å². The molecule has 0 aliphatic heterocycles. The fourth-order valence-electron chi connectivity index (χ4n) is 8.96. The van der Waals surface area contributed by atoms with Crippen molar-refractivity contribution in [3.63, 3.8) is 0 Å². The van der Waals surface area contributed by atoms with Crippen LogP contribution in [0.15, 0.2) is 48.8 Å². The van der Waals surface area contributed by atoms with E-state index >= 15 is 0 Å². The molecule has 0 N–H and O–H groups in total. The minimum Gasteiger partial charge on any atom is -0.309 e. The lowest BCUT2D eigenvalue weighted by atomic mass is 9.70. The number of hydrogen-bond donors (Lipinski definition) is 0. The molecule has 3 aromatic rings. The molecule has 1 aromatic heterocycles. The van der Waals surface area contributed by atoms with Crippen molar-refractivity contribution in [2.75, 3.05) is 122 Å². The van der Waals surface area contributed by atoms with E-state index in [2.05, 4.69) is 134 Å². The smallest absolute Gasteiger partial charge is 0.0885 e. The number of nitrogens with zero attached hydrogens (tertiary/aromatic N) is 8. The third kappa shape index (κ3) is 15.4. The van der Waals surface area contributed by atoms with Crippen molar-refractivity contribution in [2.45, 2.75) is 96.3 Å². The fraction of sp³-hybridized carbons (Fsp3) is 0.673. The summed E-state index contributed by atoms with van der Waals surface area (Å²) in [5, 5.41) is 0. The average Bonchev–Trinajstić information content (AvgIpc) is 3.41. The van der Waals surface area contributed by atoms with Gasteiger partial charge in [-0.1, -0.05) is 61.6 Å². The largest absolute Gasteiger partial charge is 0.309 e. The van der Waals surface area contributed by atoms with Crippen LogP contribution in [0.25, 0.3) is 22.4 Å². The lowest BCUT2D eigenvalue weighted by molar-refractivity contribution is 0.234. The number of aromatic nitrogens is 2. The van der Waals surface area contributed by atoms with Crippen molar-refractivity contribution in [1.82, 2.24) is 39.4 Å². The molecule has 0 atom stereocenters. The van der Waals surface area contributed by atoms with Crippen LogP contribution in [0.2, 0.25) is 0 Å². The van der Waals surface area contributed by atoms with Crippen LogP contribution in [-0.4, -0.2) is 161 Å². The number of fused-ring (bicyclic) bond motifs is 3. The second-order valence-electron chi connectivity index (χ2n) is 18.4. The Labute approximate surface area is 350 Å². The average molecular weight is 783 g/mol. The predicted octanol–water partition coefficient (Wildman–Crippen LogP) is 8.56. The maximum absolute atomic E-state index is 4.83. The van der Waals surface area contributed by atoms with Crippen molar-refractivity contribution in [3.8, 4) is 22.4 Å². The third-order valence-electron chi connectivity index (χ3n) is 12.1.